The van der Waals surface area contributed by atoms with E-state index in [0.29, 0.717) is 10.9 Å². The maximum absolute atomic E-state index is 12.3. The Morgan fingerprint density at radius 2 is 2.05 bits per heavy atom. The van der Waals surface area contributed by atoms with Crippen molar-refractivity contribution in [3.63, 3.8) is 0 Å². The van der Waals surface area contributed by atoms with Crippen molar-refractivity contribution in [3.05, 3.63) is 46.2 Å². The van der Waals surface area contributed by atoms with Crippen molar-refractivity contribution in [3.8, 4) is 12.3 Å². The van der Waals surface area contributed by atoms with E-state index in [9.17, 15) is 14.4 Å². The number of nitrogens with zero attached hydrogens (tertiary/aromatic N) is 1. The molecule has 0 bridgehead atoms. The minimum Gasteiger partial charge on any atom is -0.480 e. The van der Waals surface area contributed by atoms with Crippen molar-refractivity contribution in [1.82, 2.24) is 9.88 Å². The quantitative estimate of drug-likeness (QED) is 0.808. The van der Waals surface area contributed by atoms with Gasteiger partial charge < -0.3 is 15.0 Å². The standard InChI is InChI=1S/C15H12N2O4/c1-2-7-17(9-14(19)20)15(21)12-8-13(18)10-5-3-4-6-11(10)16-12/h1,3-6,8H,7,9H2,(H,16,18)(H,19,20). The molecule has 6 heteroatoms. The van der Waals surface area contributed by atoms with Crippen LogP contribution in [-0.4, -0.2) is 40.0 Å². The van der Waals surface area contributed by atoms with Crippen LogP contribution in [0.1, 0.15) is 10.5 Å². The second-order valence-corrected chi connectivity index (χ2v) is 4.35. The molecule has 2 rings (SSSR count). The van der Waals surface area contributed by atoms with E-state index >= 15 is 0 Å². The predicted octanol–water partition coefficient (Wildman–Crippen LogP) is 0.688. The van der Waals surface area contributed by atoms with Crippen LogP contribution in [0.25, 0.3) is 10.9 Å². The number of carbonyl (C=O) groups is 2. The number of carbonyl (C=O) groups excluding carboxylic acids is 1. The number of carboxylic acids is 1. The molecule has 0 aliphatic rings. The third-order valence-electron chi connectivity index (χ3n) is 2.86. The Hall–Kier alpha value is -3.07. The van der Waals surface area contributed by atoms with E-state index in [1.165, 1.54) is 0 Å². The smallest absolute Gasteiger partial charge is 0.323 e. The van der Waals surface area contributed by atoms with Crippen LogP contribution < -0.4 is 5.43 Å². The highest BCUT2D eigenvalue weighted by Gasteiger charge is 2.19. The van der Waals surface area contributed by atoms with Crippen molar-refractivity contribution in [2.45, 2.75) is 0 Å². The molecule has 0 atom stereocenters. The van der Waals surface area contributed by atoms with Gasteiger partial charge in [-0.15, -0.1) is 6.42 Å². The fraction of sp³-hybridized carbons (Fsp3) is 0.133. The maximum Gasteiger partial charge on any atom is 0.323 e. The van der Waals surface area contributed by atoms with E-state index < -0.39 is 18.4 Å². The Kier molecular flexibility index (Phi) is 4.05. The van der Waals surface area contributed by atoms with Gasteiger partial charge in [-0.3, -0.25) is 14.4 Å². The summed E-state index contributed by atoms with van der Waals surface area (Å²) in [6.07, 6.45) is 5.13. The summed E-state index contributed by atoms with van der Waals surface area (Å²) in [7, 11) is 0. The highest BCUT2D eigenvalue weighted by atomic mass is 16.4. The number of aromatic amines is 1. The summed E-state index contributed by atoms with van der Waals surface area (Å²) in [5.74, 6) is 0.420. The number of pyridine rings is 1. The van der Waals surface area contributed by atoms with Gasteiger partial charge in [-0.2, -0.15) is 0 Å². The molecule has 2 aromatic rings. The maximum atomic E-state index is 12.3. The van der Waals surface area contributed by atoms with Crippen molar-refractivity contribution in [1.29, 1.82) is 0 Å². The van der Waals surface area contributed by atoms with Crippen LogP contribution in [-0.2, 0) is 4.79 Å². The summed E-state index contributed by atoms with van der Waals surface area (Å²) < 4.78 is 0. The lowest BCUT2D eigenvalue weighted by molar-refractivity contribution is -0.137. The predicted molar refractivity (Wildman–Crippen MR) is 76.9 cm³/mol. The molecule has 1 amide bonds. The third kappa shape index (κ3) is 3.09. The number of fused-ring (bicyclic) bond motifs is 1. The van der Waals surface area contributed by atoms with Crippen LogP contribution in [0, 0.1) is 12.3 Å². The van der Waals surface area contributed by atoms with E-state index in [-0.39, 0.29) is 17.7 Å². The van der Waals surface area contributed by atoms with Gasteiger partial charge in [0.1, 0.15) is 12.2 Å². The SMILES string of the molecule is C#CCN(CC(=O)O)C(=O)c1cc(=O)c2ccccc2[nH]1. The number of hydrogen-bond acceptors (Lipinski definition) is 3. The summed E-state index contributed by atoms with van der Waals surface area (Å²) in [6, 6.07) is 7.89. The number of hydrogen-bond donors (Lipinski definition) is 2. The summed E-state index contributed by atoms with van der Waals surface area (Å²) >= 11 is 0. The van der Waals surface area contributed by atoms with Crippen molar-refractivity contribution >= 4 is 22.8 Å². The second kappa shape index (κ2) is 5.92. The number of H-pyrrole nitrogens is 1. The zero-order valence-corrected chi connectivity index (χ0v) is 11.0. The zero-order chi connectivity index (χ0) is 15.4. The van der Waals surface area contributed by atoms with Gasteiger partial charge in [0.15, 0.2) is 5.43 Å². The van der Waals surface area contributed by atoms with Gasteiger partial charge in [-0.25, -0.2) is 0 Å². The van der Waals surface area contributed by atoms with Crippen LogP contribution >= 0.6 is 0 Å². The zero-order valence-electron chi connectivity index (χ0n) is 11.0. The Balaban J connectivity index is 2.45. The van der Waals surface area contributed by atoms with Crippen molar-refractivity contribution in [2.75, 3.05) is 13.1 Å². The molecule has 0 radical (unpaired) electrons. The van der Waals surface area contributed by atoms with E-state index in [1.54, 1.807) is 24.3 Å². The monoisotopic (exact) mass is 284 g/mol. The first-order valence-corrected chi connectivity index (χ1v) is 6.09. The lowest BCUT2D eigenvalue weighted by Crippen LogP contribution is -2.36. The molecule has 0 aliphatic carbocycles. The molecule has 6 nitrogen and oxygen atoms in total. The highest BCUT2D eigenvalue weighted by molar-refractivity contribution is 5.96. The molecule has 1 aromatic carbocycles. The van der Waals surface area contributed by atoms with Crippen LogP contribution in [0.15, 0.2) is 35.1 Å². The third-order valence-corrected chi connectivity index (χ3v) is 2.86. The fourth-order valence-corrected chi connectivity index (χ4v) is 1.96. The van der Waals surface area contributed by atoms with E-state index in [4.69, 9.17) is 11.5 Å². The number of rotatable bonds is 4. The largest absolute Gasteiger partial charge is 0.480 e. The Labute approximate surface area is 120 Å². The Morgan fingerprint density at radius 3 is 2.71 bits per heavy atom. The number of benzene rings is 1. The molecule has 0 unspecified atom stereocenters. The van der Waals surface area contributed by atoms with Gasteiger partial charge in [0.25, 0.3) is 5.91 Å². The first kappa shape index (κ1) is 14.3. The number of nitrogens with one attached hydrogen (secondary N) is 1. The summed E-state index contributed by atoms with van der Waals surface area (Å²) in [5.41, 5.74) is 0.197. The average Bonchev–Trinajstić information content (AvgIpc) is 2.45. The molecule has 21 heavy (non-hydrogen) atoms. The number of amides is 1. The molecule has 0 spiro atoms. The van der Waals surface area contributed by atoms with Crippen LogP contribution in [0.2, 0.25) is 0 Å². The van der Waals surface area contributed by atoms with Crippen molar-refractivity contribution in [2.24, 2.45) is 0 Å². The Bertz CT molecular complexity index is 801. The molecular formula is C15H12N2O4. The van der Waals surface area contributed by atoms with E-state index in [1.807, 2.05) is 0 Å². The molecule has 0 fully saturated rings. The number of para-hydroxylation sites is 1. The molecule has 0 aliphatic heterocycles. The van der Waals surface area contributed by atoms with Crippen LogP contribution in [0.3, 0.4) is 0 Å². The number of carboxylic acid groups (broad SMARTS) is 1. The van der Waals surface area contributed by atoms with Gasteiger partial charge in [-0.1, -0.05) is 18.1 Å². The van der Waals surface area contributed by atoms with Gasteiger partial charge in [0.2, 0.25) is 0 Å². The number of aliphatic carboxylic acids is 1. The lowest BCUT2D eigenvalue weighted by atomic mass is 10.2. The van der Waals surface area contributed by atoms with Crippen molar-refractivity contribution < 1.29 is 14.7 Å². The first-order valence-electron chi connectivity index (χ1n) is 6.09. The number of aromatic nitrogens is 1. The topological polar surface area (TPSA) is 90.5 Å². The highest BCUT2D eigenvalue weighted by Crippen LogP contribution is 2.09. The van der Waals surface area contributed by atoms with Gasteiger partial charge in [0, 0.05) is 17.0 Å². The molecular weight excluding hydrogens is 272 g/mol. The van der Waals surface area contributed by atoms with E-state index in [2.05, 4.69) is 10.9 Å². The molecule has 2 N–H and O–H groups in total. The average molecular weight is 284 g/mol. The van der Waals surface area contributed by atoms with Gasteiger partial charge in [0.05, 0.1) is 6.54 Å². The first-order chi connectivity index (χ1) is 10.0. The van der Waals surface area contributed by atoms with Gasteiger partial charge in [-0.05, 0) is 12.1 Å². The molecule has 0 saturated heterocycles. The van der Waals surface area contributed by atoms with Crippen LogP contribution in [0.5, 0.6) is 0 Å². The molecule has 0 saturated carbocycles. The lowest BCUT2D eigenvalue weighted by Gasteiger charge is -2.17. The second-order valence-electron chi connectivity index (χ2n) is 4.35. The molecule has 1 heterocycles. The molecule has 106 valence electrons. The minimum absolute atomic E-state index is 0.00944. The fourth-order valence-electron chi connectivity index (χ4n) is 1.96. The summed E-state index contributed by atoms with van der Waals surface area (Å²) in [5, 5.41) is 9.25. The molecule has 1 aromatic heterocycles. The van der Waals surface area contributed by atoms with Crippen LogP contribution in [0.4, 0.5) is 0 Å². The normalized spacial score (nSPS) is 10.0. The number of terminal acetylenes is 1. The van der Waals surface area contributed by atoms with Gasteiger partial charge >= 0.3 is 5.97 Å². The Morgan fingerprint density at radius 1 is 1.33 bits per heavy atom. The van der Waals surface area contributed by atoms with E-state index in [0.717, 1.165) is 11.0 Å². The summed E-state index contributed by atoms with van der Waals surface area (Å²) in [6.45, 7) is -0.683. The summed E-state index contributed by atoms with van der Waals surface area (Å²) in [4.78, 5) is 38.8. The minimum atomic E-state index is -1.18.